The summed E-state index contributed by atoms with van der Waals surface area (Å²) in [5.74, 6) is -1.46. The molecule has 6 heteroatoms. The topological polar surface area (TPSA) is 116 Å². The summed E-state index contributed by atoms with van der Waals surface area (Å²) in [7, 11) is 0. The summed E-state index contributed by atoms with van der Waals surface area (Å²) in [6.45, 7) is 1.88. The number of nitrogens with two attached hydrogens (primary N) is 1. The lowest BCUT2D eigenvalue weighted by Crippen LogP contribution is -2.15. The smallest absolute Gasteiger partial charge is 0.336 e. The lowest BCUT2D eigenvalue weighted by atomic mass is 9.93. The van der Waals surface area contributed by atoms with Crippen LogP contribution in [0.1, 0.15) is 31.8 Å². The predicted molar refractivity (Wildman–Crippen MR) is 109 cm³/mol. The molecule has 140 valence electrons. The van der Waals surface area contributed by atoms with E-state index in [4.69, 9.17) is 11.1 Å². The van der Waals surface area contributed by atoms with Gasteiger partial charge in [0.2, 0.25) is 0 Å². The minimum absolute atomic E-state index is 0.0519. The summed E-state index contributed by atoms with van der Waals surface area (Å²) in [4.78, 5) is 24.5. The molecule has 0 saturated heterocycles. The zero-order chi connectivity index (χ0) is 20.3. The second-order valence-corrected chi connectivity index (χ2v) is 6.34. The molecule has 0 heterocycles. The van der Waals surface area contributed by atoms with Crippen LogP contribution < -0.4 is 11.1 Å². The standard InChI is InChI=1S/C22H19N3O3/c1-13-6-11-17(19(12-13)16-4-2-3-5-18(16)22(27)28)21(26)25-15-9-7-14(8-10-15)20(23)24/h2-12H,1H3,(H3,23,24)(H,25,26)(H,27,28). The van der Waals surface area contributed by atoms with Crippen LogP contribution in [0.25, 0.3) is 11.1 Å². The van der Waals surface area contributed by atoms with Gasteiger partial charge in [0.25, 0.3) is 5.91 Å². The van der Waals surface area contributed by atoms with Crippen molar-refractivity contribution in [3.63, 3.8) is 0 Å². The van der Waals surface area contributed by atoms with Crippen LogP contribution in [0.3, 0.4) is 0 Å². The maximum Gasteiger partial charge on any atom is 0.336 e. The summed E-state index contributed by atoms with van der Waals surface area (Å²) < 4.78 is 0. The van der Waals surface area contributed by atoms with Crippen LogP contribution in [0.15, 0.2) is 66.7 Å². The van der Waals surface area contributed by atoms with E-state index in [9.17, 15) is 14.7 Å². The number of rotatable bonds is 5. The van der Waals surface area contributed by atoms with Gasteiger partial charge in [0, 0.05) is 16.8 Å². The summed E-state index contributed by atoms with van der Waals surface area (Å²) >= 11 is 0. The van der Waals surface area contributed by atoms with Crippen molar-refractivity contribution >= 4 is 23.4 Å². The number of benzene rings is 3. The number of nitrogen functional groups attached to an aromatic ring is 1. The van der Waals surface area contributed by atoms with Crippen LogP contribution in [0, 0.1) is 12.3 Å². The second kappa shape index (κ2) is 7.75. The van der Waals surface area contributed by atoms with Crippen LogP contribution in [-0.2, 0) is 0 Å². The molecule has 0 fully saturated rings. The first-order valence-electron chi connectivity index (χ1n) is 8.56. The van der Waals surface area contributed by atoms with Gasteiger partial charge in [-0.2, -0.15) is 0 Å². The lowest BCUT2D eigenvalue weighted by molar-refractivity contribution is 0.0697. The number of hydrogen-bond acceptors (Lipinski definition) is 3. The predicted octanol–water partition coefficient (Wildman–Crippen LogP) is 3.90. The molecule has 3 aromatic rings. The molecule has 0 aromatic heterocycles. The zero-order valence-electron chi connectivity index (χ0n) is 15.2. The quantitative estimate of drug-likeness (QED) is 0.401. The zero-order valence-corrected chi connectivity index (χ0v) is 15.2. The first kappa shape index (κ1) is 18.8. The number of carboxylic acid groups (broad SMARTS) is 1. The van der Waals surface area contributed by atoms with Gasteiger partial charge < -0.3 is 16.2 Å². The number of amides is 1. The molecule has 3 rings (SSSR count). The SMILES string of the molecule is Cc1ccc(C(=O)Nc2ccc(C(=N)N)cc2)c(-c2ccccc2C(=O)O)c1. The fourth-order valence-electron chi connectivity index (χ4n) is 2.91. The highest BCUT2D eigenvalue weighted by atomic mass is 16.4. The minimum Gasteiger partial charge on any atom is -0.478 e. The van der Waals surface area contributed by atoms with E-state index < -0.39 is 5.97 Å². The lowest BCUT2D eigenvalue weighted by Gasteiger charge is -2.13. The molecule has 0 aliphatic rings. The van der Waals surface area contributed by atoms with E-state index >= 15 is 0 Å². The molecule has 0 atom stereocenters. The molecule has 0 unspecified atom stereocenters. The normalized spacial score (nSPS) is 10.3. The number of aromatic carboxylic acids is 1. The van der Waals surface area contributed by atoms with Gasteiger partial charge in [0.1, 0.15) is 5.84 Å². The highest BCUT2D eigenvalue weighted by Gasteiger charge is 2.18. The van der Waals surface area contributed by atoms with Crippen molar-refractivity contribution in [3.05, 3.63) is 89.0 Å². The molecule has 0 aliphatic heterocycles. The Balaban J connectivity index is 2.00. The van der Waals surface area contributed by atoms with E-state index in [1.807, 2.05) is 6.92 Å². The number of carbonyl (C=O) groups is 2. The van der Waals surface area contributed by atoms with Crippen molar-refractivity contribution in [1.29, 1.82) is 5.41 Å². The minimum atomic E-state index is -1.05. The molecule has 0 radical (unpaired) electrons. The number of nitrogens with one attached hydrogen (secondary N) is 2. The molecule has 28 heavy (non-hydrogen) atoms. The number of anilines is 1. The molecule has 6 nitrogen and oxygen atoms in total. The summed E-state index contributed by atoms with van der Waals surface area (Å²) in [5, 5.41) is 19.7. The fraction of sp³-hybridized carbons (Fsp3) is 0.0455. The second-order valence-electron chi connectivity index (χ2n) is 6.34. The molecule has 3 aromatic carbocycles. The van der Waals surface area contributed by atoms with Crippen molar-refractivity contribution in [2.24, 2.45) is 5.73 Å². The maximum absolute atomic E-state index is 12.9. The van der Waals surface area contributed by atoms with Crippen LogP contribution >= 0.6 is 0 Å². The Morgan fingerprint density at radius 2 is 1.61 bits per heavy atom. The van der Waals surface area contributed by atoms with Crippen LogP contribution in [-0.4, -0.2) is 22.8 Å². The Hall–Kier alpha value is -3.93. The van der Waals surface area contributed by atoms with Gasteiger partial charge >= 0.3 is 5.97 Å². The van der Waals surface area contributed by atoms with Gasteiger partial charge in [-0.3, -0.25) is 10.2 Å². The Morgan fingerprint density at radius 1 is 0.929 bits per heavy atom. The average Bonchev–Trinajstić information content (AvgIpc) is 2.68. The van der Waals surface area contributed by atoms with Gasteiger partial charge in [0.05, 0.1) is 5.56 Å². The Morgan fingerprint density at radius 3 is 2.25 bits per heavy atom. The number of carboxylic acids is 1. The highest BCUT2D eigenvalue weighted by molar-refractivity contribution is 6.10. The number of carbonyl (C=O) groups excluding carboxylic acids is 1. The van der Waals surface area contributed by atoms with Crippen LogP contribution in [0.5, 0.6) is 0 Å². The van der Waals surface area contributed by atoms with Crippen molar-refractivity contribution < 1.29 is 14.7 Å². The van der Waals surface area contributed by atoms with E-state index in [2.05, 4.69) is 5.32 Å². The first-order valence-corrected chi connectivity index (χ1v) is 8.56. The van der Waals surface area contributed by atoms with Crippen LogP contribution in [0.4, 0.5) is 5.69 Å². The van der Waals surface area contributed by atoms with Gasteiger partial charge in [-0.05, 0) is 54.4 Å². The highest BCUT2D eigenvalue weighted by Crippen LogP contribution is 2.29. The van der Waals surface area contributed by atoms with Gasteiger partial charge in [-0.1, -0.05) is 35.9 Å². The van der Waals surface area contributed by atoms with E-state index in [1.54, 1.807) is 60.7 Å². The summed E-state index contributed by atoms with van der Waals surface area (Å²) in [5.41, 5.74) is 9.00. The number of aryl methyl sites for hydroxylation is 1. The largest absolute Gasteiger partial charge is 0.478 e. The van der Waals surface area contributed by atoms with E-state index in [-0.39, 0.29) is 17.3 Å². The summed E-state index contributed by atoms with van der Waals surface area (Å²) in [6.07, 6.45) is 0. The van der Waals surface area contributed by atoms with Crippen molar-refractivity contribution in [3.8, 4) is 11.1 Å². The van der Waals surface area contributed by atoms with E-state index in [0.717, 1.165) is 5.56 Å². The molecular weight excluding hydrogens is 354 g/mol. The monoisotopic (exact) mass is 373 g/mol. The molecule has 1 amide bonds. The Labute approximate surface area is 162 Å². The van der Waals surface area contributed by atoms with Crippen molar-refractivity contribution in [2.45, 2.75) is 6.92 Å². The van der Waals surface area contributed by atoms with Crippen molar-refractivity contribution in [2.75, 3.05) is 5.32 Å². The Kier molecular flexibility index (Phi) is 5.22. The molecule has 0 saturated carbocycles. The van der Waals surface area contributed by atoms with Gasteiger partial charge in [0.15, 0.2) is 0 Å². The van der Waals surface area contributed by atoms with E-state index in [0.29, 0.717) is 27.9 Å². The first-order chi connectivity index (χ1) is 13.4. The molecule has 0 spiro atoms. The van der Waals surface area contributed by atoms with Gasteiger partial charge in [-0.15, -0.1) is 0 Å². The molecular formula is C22H19N3O3. The maximum atomic E-state index is 12.9. The van der Waals surface area contributed by atoms with Gasteiger partial charge in [-0.25, -0.2) is 4.79 Å². The average molecular weight is 373 g/mol. The third-order valence-electron chi connectivity index (χ3n) is 4.32. The van der Waals surface area contributed by atoms with Crippen molar-refractivity contribution in [1.82, 2.24) is 0 Å². The fourth-order valence-corrected chi connectivity index (χ4v) is 2.91. The number of hydrogen-bond donors (Lipinski definition) is 4. The van der Waals surface area contributed by atoms with E-state index in [1.165, 1.54) is 6.07 Å². The van der Waals surface area contributed by atoms with Crippen LogP contribution in [0.2, 0.25) is 0 Å². The Bertz CT molecular complexity index is 1070. The third kappa shape index (κ3) is 3.91. The molecule has 0 aliphatic carbocycles. The number of amidine groups is 1. The third-order valence-corrected chi connectivity index (χ3v) is 4.32. The summed E-state index contributed by atoms with van der Waals surface area (Å²) in [6, 6.07) is 18.5. The molecule has 0 bridgehead atoms. The molecule has 5 N–H and O–H groups in total.